The van der Waals surface area contributed by atoms with Crippen LogP contribution in [0, 0.1) is 0 Å². The molecule has 0 aliphatic heterocycles. The first-order valence-corrected chi connectivity index (χ1v) is 9.99. The lowest BCUT2D eigenvalue weighted by Gasteiger charge is -2.07. The summed E-state index contributed by atoms with van der Waals surface area (Å²) in [5.41, 5.74) is 0.326. The normalized spacial score (nSPS) is 10.4. The van der Waals surface area contributed by atoms with E-state index >= 15 is 0 Å². The van der Waals surface area contributed by atoms with Crippen molar-refractivity contribution in [2.24, 2.45) is 0 Å². The number of amides is 2. The van der Waals surface area contributed by atoms with Crippen LogP contribution in [0.4, 0.5) is 0 Å². The number of methoxy groups -OCH3 is 1. The minimum Gasteiger partial charge on any atom is -0.496 e. The Balaban J connectivity index is 1.84. The highest BCUT2D eigenvalue weighted by atomic mass is 32.2. The van der Waals surface area contributed by atoms with Crippen LogP contribution in [0.25, 0.3) is 0 Å². The molecule has 2 rings (SSSR count). The predicted octanol–water partition coefficient (Wildman–Crippen LogP) is 3.10. The first kappa shape index (κ1) is 18.8. The molecule has 0 unspecified atom stereocenters. The SMILES string of the molecule is CCCSc1nnc(SCC(=O)NC(=O)c2ccccc2OC)s1. The standard InChI is InChI=1S/C15H17N3O3S3/c1-3-8-22-14-17-18-15(24-14)23-9-12(19)16-13(20)10-6-4-5-7-11(10)21-2/h4-7H,3,8-9H2,1-2H3,(H,16,19,20). The Bertz CT molecular complexity index is 706. The highest BCUT2D eigenvalue weighted by molar-refractivity contribution is 8.03. The second-order valence-electron chi connectivity index (χ2n) is 4.55. The molecule has 0 fully saturated rings. The van der Waals surface area contributed by atoms with Gasteiger partial charge in [-0.25, -0.2) is 0 Å². The number of nitrogens with one attached hydrogen (secondary N) is 1. The van der Waals surface area contributed by atoms with Gasteiger partial charge in [0.15, 0.2) is 8.68 Å². The highest BCUT2D eigenvalue weighted by Gasteiger charge is 2.15. The maximum atomic E-state index is 12.1. The zero-order valence-corrected chi connectivity index (χ0v) is 15.7. The molecule has 0 atom stereocenters. The number of benzene rings is 1. The number of thioether (sulfide) groups is 2. The van der Waals surface area contributed by atoms with Crippen LogP contribution in [0.5, 0.6) is 5.75 Å². The predicted molar refractivity (Wildman–Crippen MR) is 97.1 cm³/mol. The van der Waals surface area contributed by atoms with Crippen LogP contribution in [0.1, 0.15) is 23.7 Å². The van der Waals surface area contributed by atoms with Gasteiger partial charge in [-0.1, -0.05) is 53.9 Å². The number of hydrogen-bond acceptors (Lipinski definition) is 8. The third kappa shape index (κ3) is 5.50. The highest BCUT2D eigenvalue weighted by Crippen LogP contribution is 2.28. The number of aromatic nitrogens is 2. The maximum Gasteiger partial charge on any atom is 0.261 e. The molecule has 0 bridgehead atoms. The average Bonchev–Trinajstić information content (AvgIpc) is 3.06. The molecule has 9 heteroatoms. The molecule has 0 spiro atoms. The lowest BCUT2D eigenvalue weighted by molar-refractivity contribution is -0.117. The molecule has 0 radical (unpaired) electrons. The van der Waals surface area contributed by atoms with E-state index in [-0.39, 0.29) is 11.7 Å². The van der Waals surface area contributed by atoms with Crippen molar-refractivity contribution in [3.8, 4) is 5.75 Å². The average molecular weight is 384 g/mol. The Morgan fingerprint density at radius 2 is 1.92 bits per heavy atom. The van der Waals surface area contributed by atoms with E-state index in [0.717, 1.165) is 16.5 Å². The first-order chi connectivity index (χ1) is 11.6. The lowest BCUT2D eigenvalue weighted by atomic mass is 10.2. The molecule has 1 aromatic carbocycles. The fraction of sp³-hybridized carbons (Fsp3) is 0.333. The minimum atomic E-state index is -0.477. The molecular weight excluding hydrogens is 366 g/mol. The molecule has 0 aliphatic rings. The van der Waals surface area contributed by atoms with Crippen LogP contribution >= 0.6 is 34.9 Å². The van der Waals surface area contributed by atoms with Gasteiger partial charge in [0.1, 0.15) is 5.75 Å². The summed E-state index contributed by atoms with van der Waals surface area (Å²) in [7, 11) is 1.48. The molecule has 2 aromatic rings. The van der Waals surface area contributed by atoms with Gasteiger partial charge in [0.05, 0.1) is 18.4 Å². The Kier molecular flexibility index (Phi) is 7.54. The Hall–Kier alpha value is -1.58. The topological polar surface area (TPSA) is 81.2 Å². The summed E-state index contributed by atoms with van der Waals surface area (Å²) in [6, 6.07) is 6.76. The zero-order chi connectivity index (χ0) is 17.4. The van der Waals surface area contributed by atoms with Gasteiger partial charge in [-0.3, -0.25) is 14.9 Å². The van der Waals surface area contributed by atoms with E-state index in [1.807, 2.05) is 0 Å². The summed E-state index contributed by atoms with van der Waals surface area (Å²) < 4.78 is 6.73. The second-order valence-corrected chi connectivity index (χ2v) is 8.09. The summed E-state index contributed by atoms with van der Waals surface area (Å²) in [5.74, 6) is 0.668. The van der Waals surface area contributed by atoms with Gasteiger partial charge in [-0.05, 0) is 18.6 Å². The number of rotatable bonds is 8. The van der Waals surface area contributed by atoms with Crippen molar-refractivity contribution in [3.05, 3.63) is 29.8 Å². The fourth-order valence-electron chi connectivity index (χ4n) is 1.69. The first-order valence-electron chi connectivity index (χ1n) is 7.20. The molecule has 1 heterocycles. The van der Waals surface area contributed by atoms with E-state index in [0.29, 0.717) is 15.7 Å². The third-order valence-electron chi connectivity index (χ3n) is 2.75. The van der Waals surface area contributed by atoms with E-state index in [4.69, 9.17) is 4.74 Å². The van der Waals surface area contributed by atoms with Gasteiger partial charge in [-0.2, -0.15) is 0 Å². The molecule has 128 valence electrons. The van der Waals surface area contributed by atoms with Crippen LogP contribution in [0.3, 0.4) is 0 Å². The van der Waals surface area contributed by atoms with Gasteiger partial charge >= 0.3 is 0 Å². The van der Waals surface area contributed by atoms with Crippen LogP contribution in [-0.4, -0.2) is 40.6 Å². The molecule has 2 amide bonds. The molecule has 1 N–H and O–H groups in total. The largest absolute Gasteiger partial charge is 0.496 e. The summed E-state index contributed by atoms with van der Waals surface area (Å²) >= 11 is 4.37. The second kappa shape index (κ2) is 9.65. The smallest absolute Gasteiger partial charge is 0.261 e. The summed E-state index contributed by atoms with van der Waals surface area (Å²) in [4.78, 5) is 24.1. The van der Waals surface area contributed by atoms with Crippen LogP contribution < -0.4 is 10.1 Å². The number of imide groups is 1. The summed E-state index contributed by atoms with van der Waals surface area (Å²) in [6.45, 7) is 2.10. The minimum absolute atomic E-state index is 0.105. The van der Waals surface area contributed by atoms with Crippen molar-refractivity contribution in [2.75, 3.05) is 18.6 Å². The molecule has 24 heavy (non-hydrogen) atoms. The van der Waals surface area contributed by atoms with Gasteiger partial charge in [0.2, 0.25) is 5.91 Å². The van der Waals surface area contributed by atoms with E-state index < -0.39 is 5.91 Å². The van der Waals surface area contributed by atoms with Gasteiger partial charge in [0, 0.05) is 5.75 Å². The van der Waals surface area contributed by atoms with Crippen molar-refractivity contribution in [2.45, 2.75) is 22.0 Å². The van der Waals surface area contributed by atoms with Crippen molar-refractivity contribution in [3.63, 3.8) is 0 Å². The van der Waals surface area contributed by atoms with Crippen LogP contribution in [-0.2, 0) is 4.79 Å². The van der Waals surface area contributed by atoms with Crippen molar-refractivity contribution < 1.29 is 14.3 Å². The fourth-order valence-corrected chi connectivity index (χ4v) is 4.44. The van der Waals surface area contributed by atoms with Gasteiger partial charge in [0.25, 0.3) is 5.91 Å². The summed E-state index contributed by atoms with van der Waals surface area (Å²) in [5, 5.41) is 10.4. The Labute approximate surface area is 152 Å². The van der Waals surface area contributed by atoms with Crippen LogP contribution in [0.2, 0.25) is 0 Å². The number of para-hydroxylation sites is 1. The monoisotopic (exact) mass is 383 g/mol. The quantitative estimate of drug-likeness (QED) is 0.702. The van der Waals surface area contributed by atoms with E-state index in [1.54, 1.807) is 36.0 Å². The number of carbonyl (C=O) groups excluding carboxylic acids is 2. The van der Waals surface area contributed by atoms with E-state index in [1.165, 1.54) is 30.2 Å². The van der Waals surface area contributed by atoms with Crippen molar-refractivity contribution >= 4 is 46.7 Å². The Morgan fingerprint density at radius 3 is 2.62 bits per heavy atom. The number of hydrogen-bond donors (Lipinski definition) is 1. The molecular formula is C15H17N3O3S3. The van der Waals surface area contributed by atoms with Crippen molar-refractivity contribution in [1.82, 2.24) is 15.5 Å². The molecule has 6 nitrogen and oxygen atoms in total. The third-order valence-corrected chi connectivity index (χ3v) is 6.14. The lowest BCUT2D eigenvalue weighted by Crippen LogP contribution is -2.32. The van der Waals surface area contributed by atoms with E-state index in [2.05, 4.69) is 22.4 Å². The van der Waals surface area contributed by atoms with Crippen molar-refractivity contribution in [1.29, 1.82) is 0 Å². The molecule has 0 saturated heterocycles. The van der Waals surface area contributed by atoms with Gasteiger partial charge in [-0.15, -0.1) is 10.2 Å². The number of ether oxygens (including phenoxy) is 1. The Morgan fingerprint density at radius 1 is 1.21 bits per heavy atom. The molecule has 0 aliphatic carbocycles. The zero-order valence-electron chi connectivity index (χ0n) is 13.3. The summed E-state index contributed by atoms with van der Waals surface area (Å²) in [6.07, 6.45) is 1.07. The maximum absolute atomic E-state index is 12.1. The molecule has 1 aromatic heterocycles. The van der Waals surface area contributed by atoms with Gasteiger partial charge < -0.3 is 4.74 Å². The molecule has 0 saturated carbocycles. The van der Waals surface area contributed by atoms with Crippen LogP contribution in [0.15, 0.2) is 32.9 Å². The van der Waals surface area contributed by atoms with E-state index in [9.17, 15) is 9.59 Å². The number of nitrogens with zero attached hydrogens (tertiary/aromatic N) is 2. The number of carbonyl (C=O) groups is 2.